The first kappa shape index (κ1) is 15.5. The van der Waals surface area contributed by atoms with E-state index in [9.17, 15) is 0 Å². The van der Waals surface area contributed by atoms with Crippen LogP contribution in [0, 0.1) is 11.8 Å². The summed E-state index contributed by atoms with van der Waals surface area (Å²) in [4.78, 5) is 2.49. The Labute approximate surface area is 120 Å². The highest BCUT2D eigenvalue weighted by atomic mass is 79.9. The molecule has 18 heavy (non-hydrogen) atoms. The van der Waals surface area contributed by atoms with Crippen LogP contribution in [0.3, 0.4) is 0 Å². The number of hydrogen-bond donors (Lipinski definition) is 1. The highest BCUT2D eigenvalue weighted by molar-refractivity contribution is 9.10. The van der Waals surface area contributed by atoms with E-state index in [-0.39, 0.29) is 0 Å². The van der Waals surface area contributed by atoms with Crippen LogP contribution in [-0.2, 0) is 6.54 Å². The van der Waals surface area contributed by atoms with Gasteiger partial charge in [0.2, 0.25) is 0 Å². The molecule has 0 amide bonds. The Kier molecular flexibility index (Phi) is 6.16. The first-order chi connectivity index (χ1) is 8.40. The summed E-state index contributed by atoms with van der Waals surface area (Å²) in [5.41, 5.74) is 8.16. The van der Waals surface area contributed by atoms with E-state index in [1.807, 2.05) is 12.1 Å². The summed E-state index contributed by atoms with van der Waals surface area (Å²) in [6.07, 6.45) is 0. The molecular weight excluding hydrogens is 288 g/mol. The maximum atomic E-state index is 6.07. The van der Waals surface area contributed by atoms with Crippen molar-refractivity contribution in [2.75, 3.05) is 18.8 Å². The number of rotatable bonds is 6. The Bertz CT molecular complexity index is 345. The fourth-order valence-electron chi connectivity index (χ4n) is 2.20. The molecule has 0 aliphatic rings. The molecule has 0 unspecified atom stereocenters. The van der Waals surface area contributed by atoms with E-state index in [4.69, 9.17) is 5.73 Å². The van der Waals surface area contributed by atoms with Gasteiger partial charge in [0, 0.05) is 35.4 Å². The van der Waals surface area contributed by atoms with Crippen molar-refractivity contribution in [3.8, 4) is 0 Å². The van der Waals surface area contributed by atoms with Crippen LogP contribution in [0.15, 0.2) is 22.7 Å². The summed E-state index contributed by atoms with van der Waals surface area (Å²) in [7, 11) is 0. The van der Waals surface area contributed by atoms with E-state index in [1.54, 1.807) is 0 Å². The van der Waals surface area contributed by atoms with Gasteiger partial charge in [-0.1, -0.05) is 49.7 Å². The van der Waals surface area contributed by atoms with Crippen LogP contribution in [0.5, 0.6) is 0 Å². The standard InChI is InChI=1S/C15H25BrN2/c1-11(2)8-18(9-12(3)4)10-13-14(16)6-5-7-15(13)17/h5-7,11-12H,8-10,17H2,1-4H3. The third-order valence-corrected chi connectivity index (χ3v) is 3.53. The number of nitrogens with zero attached hydrogens (tertiary/aromatic N) is 1. The molecule has 0 atom stereocenters. The molecule has 0 fully saturated rings. The zero-order valence-corrected chi connectivity index (χ0v) is 13.5. The average molecular weight is 313 g/mol. The summed E-state index contributed by atoms with van der Waals surface area (Å²) in [6, 6.07) is 6.02. The number of nitrogens with two attached hydrogens (primary N) is 1. The van der Waals surface area contributed by atoms with Gasteiger partial charge in [-0.15, -0.1) is 0 Å². The van der Waals surface area contributed by atoms with Crippen molar-refractivity contribution < 1.29 is 0 Å². The predicted octanol–water partition coefficient (Wildman–Crippen LogP) is 4.15. The Balaban J connectivity index is 2.81. The van der Waals surface area contributed by atoms with Gasteiger partial charge in [-0.2, -0.15) is 0 Å². The van der Waals surface area contributed by atoms with Gasteiger partial charge in [0.15, 0.2) is 0 Å². The average Bonchev–Trinajstić information content (AvgIpc) is 2.21. The lowest BCUT2D eigenvalue weighted by molar-refractivity contribution is 0.211. The van der Waals surface area contributed by atoms with Gasteiger partial charge < -0.3 is 5.73 Å². The zero-order valence-electron chi connectivity index (χ0n) is 11.9. The van der Waals surface area contributed by atoms with Crippen molar-refractivity contribution in [1.82, 2.24) is 4.90 Å². The van der Waals surface area contributed by atoms with Gasteiger partial charge in [-0.05, 0) is 24.0 Å². The second-order valence-corrected chi connectivity index (χ2v) is 6.64. The van der Waals surface area contributed by atoms with E-state index in [0.29, 0.717) is 11.8 Å². The molecule has 1 aromatic rings. The number of anilines is 1. The zero-order chi connectivity index (χ0) is 13.7. The molecular formula is C15H25BrN2. The Hall–Kier alpha value is -0.540. The van der Waals surface area contributed by atoms with Crippen molar-refractivity contribution in [3.05, 3.63) is 28.2 Å². The van der Waals surface area contributed by atoms with E-state index in [1.165, 1.54) is 5.56 Å². The molecule has 3 heteroatoms. The number of hydrogen-bond acceptors (Lipinski definition) is 2. The Morgan fingerprint density at radius 2 is 1.67 bits per heavy atom. The first-order valence-electron chi connectivity index (χ1n) is 6.65. The molecule has 0 spiro atoms. The van der Waals surface area contributed by atoms with Gasteiger partial charge >= 0.3 is 0 Å². The van der Waals surface area contributed by atoms with Crippen LogP contribution in [0.25, 0.3) is 0 Å². The van der Waals surface area contributed by atoms with Crippen LogP contribution in [0.2, 0.25) is 0 Å². The molecule has 1 rings (SSSR count). The Morgan fingerprint density at radius 3 is 2.11 bits per heavy atom. The predicted molar refractivity (Wildman–Crippen MR) is 83.5 cm³/mol. The smallest absolute Gasteiger partial charge is 0.0371 e. The van der Waals surface area contributed by atoms with Gasteiger partial charge in [0.25, 0.3) is 0 Å². The van der Waals surface area contributed by atoms with Gasteiger partial charge in [0.1, 0.15) is 0 Å². The molecule has 1 aromatic carbocycles. The van der Waals surface area contributed by atoms with Crippen LogP contribution >= 0.6 is 15.9 Å². The van der Waals surface area contributed by atoms with Crippen molar-refractivity contribution >= 4 is 21.6 Å². The molecule has 2 N–H and O–H groups in total. The summed E-state index contributed by atoms with van der Waals surface area (Å²) in [5.74, 6) is 1.35. The SMILES string of the molecule is CC(C)CN(Cc1c(N)cccc1Br)CC(C)C. The highest BCUT2D eigenvalue weighted by Crippen LogP contribution is 2.24. The summed E-state index contributed by atoms with van der Waals surface area (Å²) >= 11 is 3.60. The van der Waals surface area contributed by atoms with Gasteiger partial charge in [0.05, 0.1) is 0 Å². The van der Waals surface area contributed by atoms with Crippen LogP contribution in [-0.4, -0.2) is 18.0 Å². The number of halogens is 1. The molecule has 0 radical (unpaired) electrons. The van der Waals surface area contributed by atoms with Crippen molar-refractivity contribution in [2.45, 2.75) is 34.2 Å². The van der Waals surface area contributed by atoms with Crippen molar-refractivity contribution in [1.29, 1.82) is 0 Å². The summed E-state index contributed by atoms with van der Waals surface area (Å²) in [6.45, 7) is 12.2. The largest absolute Gasteiger partial charge is 0.398 e. The minimum atomic E-state index is 0.674. The van der Waals surface area contributed by atoms with Crippen molar-refractivity contribution in [3.63, 3.8) is 0 Å². The van der Waals surface area contributed by atoms with Gasteiger partial charge in [-0.25, -0.2) is 0 Å². The third-order valence-electron chi connectivity index (χ3n) is 2.78. The summed E-state index contributed by atoms with van der Waals surface area (Å²) in [5, 5.41) is 0. The third kappa shape index (κ3) is 4.99. The molecule has 0 saturated carbocycles. The second-order valence-electron chi connectivity index (χ2n) is 5.79. The molecule has 0 aromatic heterocycles. The topological polar surface area (TPSA) is 29.3 Å². The van der Waals surface area contributed by atoms with Crippen LogP contribution in [0.1, 0.15) is 33.3 Å². The lowest BCUT2D eigenvalue weighted by Gasteiger charge is -2.27. The maximum absolute atomic E-state index is 6.07. The van der Waals surface area contributed by atoms with E-state index < -0.39 is 0 Å². The minimum absolute atomic E-state index is 0.674. The molecule has 2 nitrogen and oxygen atoms in total. The quantitative estimate of drug-likeness (QED) is 0.800. The highest BCUT2D eigenvalue weighted by Gasteiger charge is 2.13. The van der Waals surface area contributed by atoms with Gasteiger partial charge in [-0.3, -0.25) is 4.90 Å². The lowest BCUT2D eigenvalue weighted by atomic mass is 10.1. The van der Waals surface area contributed by atoms with E-state index in [2.05, 4.69) is 54.6 Å². The molecule has 0 bridgehead atoms. The van der Waals surface area contributed by atoms with Crippen LogP contribution in [0.4, 0.5) is 5.69 Å². The normalized spacial score (nSPS) is 11.8. The lowest BCUT2D eigenvalue weighted by Crippen LogP contribution is -2.31. The molecule has 0 aliphatic heterocycles. The van der Waals surface area contributed by atoms with E-state index in [0.717, 1.165) is 29.8 Å². The van der Waals surface area contributed by atoms with Crippen LogP contribution < -0.4 is 5.73 Å². The van der Waals surface area contributed by atoms with E-state index >= 15 is 0 Å². The Morgan fingerprint density at radius 1 is 1.11 bits per heavy atom. The molecule has 0 saturated heterocycles. The summed E-state index contributed by atoms with van der Waals surface area (Å²) < 4.78 is 1.11. The second kappa shape index (κ2) is 7.15. The number of benzene rings is 1. The number of nitrogen functional groups attached to an aromatic ring is 1. The first-order valence-corrected chi connectivity index (χ1v) is 7.44. The fourth-order valence-corrected chi connectivity index (χ4v) is 2.71. The monoisotopic (exact) mass is 312 g/mol. The van der Waals surface area contributed by atoms with Crippen molar-refractivity contribution in [2.24, 2.45) is 11.8 Å². The maximum Gasteiger partial charge on any atom is 0.0371 e. The molecule has 0 heterocycles. The minimum Gasteiger partial charge on any atom is -0.398 e. The molecule has 102 valence electrons. The fraction of sp³-hybridized carbons (Fsp3) is 0.600. The molecule has 0 aliphatic carbocycles.